The van der Waals surface area contributed by atoms with Gasteiger partial charge in [0.25, 0.3) is 0 Å². The lowest BCUT2D eigenvalue weighted by atomic mass is 10.0. The van der Waals surface area contributed by atoms with Crippen molar-refractivity contribution in [3.63, 3.8) is 0 Å². The zero-order chi connectivity index (χ0) is 27.7. The fourth-order valence-electron chi connectivity index (χ4n) is 4.26. The third kappa shape index (κ3) is 7.34. The zero-order valence-electron chi connectivity index (χ0n) is 21.3. The lowest BCUT2D eigenvalue weighted by Crippen LogP contribution is -2.51. The van der Waals surface area contributed by atoms with E-state index in [1.54, 1.807) is 47.4 Å². The van der Waals surface area contributed by atoms with Crippen LogP contribution in [0.2, 0.25) is 5.02 Å². The number of sulfonamides is 1. The number of methoxy groups -OCH3 is 1. The van der Waals surface area contributed by atoms with Crippen LogP contribution in [0.25, 0.3) is 0 Å². The molecule has 1 aliphatic heterocycles. The van der Waals surface area contributed by atoms with E-state index in [4.69, 9.17) is 22.1 Å². The van der Waals surface area contributed by atoms with Crippen LogP contribution in [0.1, 0.15) is 35.2 Å². The first-order chi connectivity index (χ1) is 18.2. The maximum Gasteiger partial charge on any atom is 0.337 e. The number of hydrogen-bond donors (Lipinski definition) is 1. The zero-order valence-corrected chi connectivity index (χ0v) is 22.8. The number of ether oxygens (including phenoxy) is 1. The predicted molar refractivity (Wildman–Crippen MR) is 148 cm³/mol. The van der Waals surface area contributed by atoms with Gasteiger partial charge in [-0.1, -0.05) is 48.5 Å². The number of benzene rings is 2. The van der Waals surface area contributed by atoms with Gasteiger partial charge in [-0.3, -0.25) is 4.79 Å². The highest BCUT2D eigenvalue weighted by atomic mass is 35.5. The first-order valence-electron chi connectivity index (χ1n) is 12.1. The minimum atomic E-state index is -3.94. The number of halogens is 1. The first kappa shape index (κ1) is 29.2. The standard InChI is InChI=1S/C28H32ClN3O5S/c1-3-4-6-22(18-30)17-27(33)31-16-5-7-25(20-31)32(38(35,36)26-14-12-24(29)13-15-26)19-21-8-10-23(11-9-21)28(34)37-2/h3-4,6,8-15,18,25H,1,5,7,16-17,19-20,30H2,2H3/b6-4-,22-18+. The fraction of sp³-hybridized carbons (Fsp3) is 0.286. The van der Waals surface area contributed by atoms with E-state index in [0.717, 1.165) is 0 Å². The number of carbonyl (C=O) groups excluding carboxylic acids is 2. The molecule has 0 spiro atoms. The number of hydrogen-bond acceptors (Lipinski definition) is 6. The molecule has 1 atom stereocenters. The van der Waals surface area contributed by atoms with Crippen molar-refractivity contribution >= 4 is 33.5 Å². The third-order valence-corrected chi connectivity index (χ3v) is 8.47. The minimum Gasteiger partial charge on any atom is -0.465 e. The molecule has 3 rings (SSSR count). The number of nitrogens with two attached hydrogens (primary N) is 1. The Kier molecular flexibility index (Phi) is 10.3. The molecule has 0 saturated carbocycles. The molecule has 202 valence electrons. The van der Waals surface area contributed by atoms with Crippen molar-refractivity contribution in [2.75, 3.05) is 20.2 Å². The number of piperidine rings is 1. The molecule has 2 aromatic rings. The van der Waals surface area contributed by atoms with Crippen LogP contribution in [0.3, 0.4) is 0 Å². The summed E-state index contributed by atoms with van der Waals surface area (Å²) in [5, 5.41) is 0.428. The van der Waals surface area contributed by atoms with Crippen molar-refractivity contribution in [2.45, 2.75) is 36.7 Å². The van der Waals surface area contributed by atoms with Crippen LogP contribution in [0, 0.1) is 0 Å². The molecule has 1 amide bonds. The highest BCUT2D eigenvalue weighted by molar-refractivity contribution is 7.89. The molecule has 38 heavy (non-hydrogen) atoms. The van der Waals surface area contributed by atoms with Gasteiger partial charge in [0.15, 0.2) is 0 Å². The minimum absolute atomic E-state index is 0.0646. The first-order valence-corrected chi connectivity index (χ1v) is 13.9. The highest BCUT2D eigenvalue weighted by Crippen LogP contribution is 2.27. The van der Waals surface area contributed by atoms with Crippen molar-refractivity contribution in [2.24, 2.45) is 5.73 Å². The molecule has 0 aliphatic carbocycles. The Labute approximate surface area is 229 Å². The van der Waals surface area contributed by atoms with Crippen LogP contribution < -0.4 is 5.73 Å². The summed E-state index contributed by atoms with van der Waals surface area (Å²) in [5.74, 6) is -0.608. The Bertz CT molecular complexity index is 1310. The monoisotopic (exact) mass is 557 g/mol. The SMILES string of the molecule is C=C/C=C\C(=C/N)CC(=O)N1CCCC(N(Cc2ccc(C(=O)OC)cc2)S(=O)(=O)c2ccc(Cl)cc2)C1. The quantitative estimate of drug-likeness (QED) is 0.345. The van der Waals surface area contributed by atoms with E-state index in [-0.39, 0.29) is 30.3 Å². The number of amides is 1. The molecule has 1 heterocycles. The maximum absolute atomic E-state index is 13.8. The Morgan fingerprint density at radius 1 is 1.18 bits per heavy atom. The summed E-state index contributed by atoms with van der Waals surface area (Å²) < 4.78 is 33.9. The summed E-state index contributed by atoms with van der Waals surface area (Å²) in [5.41, 5.74) is 7.39. The van der Waals surface area contributed by atoms with Crippen molar-refractivity contribution < 1.29 is 22.7 Å². The Balaban J connectivity index is 1.90. The molecular formula is C28H32ClN3O5S. The van der Waals surface area contributed by atoms with Crippen LogP contribution >= 0.6 is 11.6 Å². The van der Waals surface area contributed by atoms with Crippen LogP contribution in [-0.4, -0.2) is 55.7 Å². The highest BCUT2D eigenvalue weighted by Gasteiger charge is 2.35. The average molecular weight is 558 g/mol. The lowest BCUT2D eigenvalue weighted by molar-refractivity contribution is -0.132. The summed E-state index contributed by atoms with van der Waals surface area (Å²) in [6.07, 6.45) is 7.75. The van der Waals surface area contributed by atoms with E-state index in [0.29, 0.717) is 41.1 Å². The van der Waals surface area contributed by atoms with Gasteiger partial charge in [-0.05, 0) is 66.6 Å². The summed E-state index contributed by atoms with van der Waals surface area (Å²) in [6.45, 7) is 4.47. The summed E-state index contributed by atoms with van der Waals surface area (Å²) in [7, 11) is -2.64. The molecule has 10 heteroatoms. The van der Waals surface area contributed by atoms with Gasteiger partial charge >= 0.3 is 5.97 Å². The summed E-state index contributed by atoms with van der Waals surface area (Å²) in [4.78, 5) is 26.7. The normalized spacial score (nSPS) is 16.6. The summed E-state index contributed by atoms with van der Waals surface area (Å²) in [6, 6.07) is 12.2. The van der Waals surface area contributed by atoms with E-state index >= 15 is 0 Å². The molecule has 1 fully saturated rings. The molecule has 2 N–H and O–H groups in total. The molecule has 8 nitrogen and oxygen atoms in total. The van der Waals surface area contributed by atoms with E-state index in [9.17, 15) is 18.0 Å². The number of likely N-dealkylation sites (tertiary alicyclic amines) is 1. The van der Waals surface area contributed by atoms with Crippen LogP contribution in [0.5, 0.6) is 0 Å². The number of allylic oxidation sites excluding steroid dienone is 3. The van der Waals surface area contributed by atoms with Crippen molar-refractivity contribution in [1.29, 1.82) is 0 Å². The molecule has 0 aromatic heterocycles. The van der Waals surface area contributed by atoms with Crippen LogP contribution in [0.15, 0.2) is 90.0 Å². The number of nitrogens with zero attached hydrogens (tertiary/aromatic N) is 2. The predicted octanol–water partition coefficient (Wildman–Crippen LogP) is 4.28. The fourth-order valence-corrected chi connectivity index (χ4v) is 6.02. The average Bonchev–Trinajstić information content (AvgIpc) is 2.93. The molecular weight excluding hydrogens is 526 g/mol. The van der Waals surface area contributed by atoms with Gasteiger partial charge in [-0.2, -0.15) is 4.31 Å². The van der Waals surface area contributed by atoms with E-state index < -0.39 is 22.0 Å². The molecule has 1 saturated heterocycles. The van der Waals surface area contributed by atoms with E-state index in [1.165, 1.54) is 41.9 Å². The van der Waals surface area contributed by atoms with Gasteiger partial charge in [0.1, 0.15) is 0 Å². The molecule has 1 unspecified atom stereocenters. The second kappa shape index (κ2) is 13.4. The van der Waals surface area contributed by atoms with Crippen molar-refractivity contribution in [1.82, 2.24) is 9.21 Å². The van der Waals surface area contributed by atoms with Gasteiger partial charge in [-0.15, -0.1) is 0 Å². The van der Waals surface area contributed by atoms with Crippen molar-refractivity contribution in [3.8, 4) is 0 Å². The molecule has 0 radical (unpaired) electrons. The Hall–Kier alpha value is -3.40. The maximum atomic E-state index is 13.8. The van der Waals surface area contributed by atoms with E-state index in [1.807, 2.05) is 0 Å². The number of esters is 1. The third-order valence-electron chi connectivity index (χ3n) is 6.31. The Morgan fingerprint density at radius 3 is 2.47 bits per heavy atom. The van der Waals surface area contributed by atoms with Gasteiger partial charge in [0.2, 0.25) is 15.9 Å². The molecule has 0 bridgehead atoms. The topological polar surface area (TPSA) is 110 Å². The van der Waals surface area contributed by atoms with Gasteiger partial charge in [0.05, 0.1) is 24.0 Å². The lowest BCUT2D eigenvalue weighted by Gasteiger charge is -2.39. The Morgan fingerprint density at radius 2 is 1.87 bits per heavy atom. The van der Waals surface area contributed by atoms with E-state index in [2.05, 4.69) is 6.58 Å². The van der Waals surface area contributed by atoms with Gasteiger partial charge in [0, 0.05) is 30.7 Å². The van der Waals surface area contributed by atoms with Gasteiger partial charge < -0.3 is 15.4 Å². The number of rotatable bonds is 10. The second-order valence-electron chi connectivity index (χ2n) is 8.84. The smallest absolute Gasteiger partial charge is 0.337 e. The number of carbonyl (C=O) groups is 2. The molecule has 2 aromatic carbocycles. The van der Waals surface area contributed by atoms with Crippen molar-refractivity contribution in [3.05, 3.63) is 101 Å². The molecule has 1 aliphatic rings. The van der Waals surface area contributed by atoms with Crippen LogP contribution in [-0.2, 0) is 26.1 Å². The van der Waals surface area contributed by atoms with Gasteiger partial charge in [-0.25, -0.2) is 13.2 Å². The summed E-state index contributed by atoms with van der Waals surface area (Å²) >= 11 is 6.00. The van der Waals surface area contributed by atoms with Crippen LogP contribution in [0.4, 0.5) is 0 Å². The second-order valence-corrected chi connectivity index (χ2v) is 11.2. The largest absolute Gasteiger partial charge is 0.465 e.